The van der Waals surface area contributed by atoms with E-state index in [9.17, 15) is 14.7 Å². The molecule has 0 bridgehead atoms. The van der Waals surface area contributed by atoms with Crippen LogP contribution in [0.25, 0.3) is 0 Å². The molecule has 5 heteroatoms. The number of aliphatic hydroxyl groups is 1. The molecule has 0 spiro atoms. The highest BCUT2D eigenvalue weighted by molar-refractivity contribution is 5.97. The van der Waals surface area contributed by atoms with Gasteiger partial charge in [0.15, 0.2) is 0 Å². The van der Waals surface area contributed by atoms with E-state index in [1.165, 1.54) is 12.8 Å². The minimum Gasteiger partial charge on any atom is -0.394 e. The first-order chi connectivity index (χ1) is 14.7. The second-order valence-corrected chi connectivity index (χ2v) is 8.36. The zero-order valence-electron chi connectivity index (χ0n) is 16.7. The monoisotopic (exact) mass is 400 g/mol. The molecule has 5 rings (SSSR count). The molecule has 2 saturated heterocycles. The van der Waals surface area contributed by atoms with E-state index in [4.69, 9.17) is 0 Å². The van der Waals surface area contributed by atoms with Crippen molar-refractivity contribution >= 4 is 11.8 Å². The van der Waals surface area contributed by atoms with Gasteiger partial charge in [-0.1, -0.05) is 42.2 Å². The van der Waals surface area contributed by atoms with Crippen molar-refractivity contribution in [2.75, 3.05) is 19.7 Å². The molecule has 3 aliphatic rings. The van der Waals surface area contributed by atoms with E-state index in [2.05, 4.69) is 11.8 Å². The quantitative estimate of drug-likeness (QED) is 0.804. The standard InChI is InChI=1S/C25H24N2O3/c28-16-22-24(19-12-10-18(11-13-19)9-8-17-6-7-17)21-14-26(15-23(29)27(21)22)25(30)20-4-2-1-3-5-20/h1-5,10-13,17,21-22,24,28H,6-7,14-16H2/t21-,22-,24+/m1/s1. The summed E-state index contributed by atoms with van der Waals surface area (Å²) in [4.78, 5) is 29.0. The maximum Gasteiger partial charge on any atom is 0.254 e. The first-order valence-corrected chi connectivity index (χ1v) is 10.5. The number of carbonyl (C=O) groups is 2. The number of benzene rings is 2. The molecule has 0 unspecified atom stereocenters. The number of rotatable bonds is 3. The summed E-state index contributed by atoms with van der Waals surface area (Å²) in [5, 5.41) is 9.94. The molecule has 5 nitrogen and oxygen atoms in total. The molecule has 2 aliphatic heterocycles. The number of hydrogen-bond donors (Lipinski definition) is 1. The number of piperazine rings is 1. The zero-order chi connectivity index (χ0) is 20.7. The van der Waals surface area contributed by atoms with Gasteiger partial charge in [0.2, 0.25) is 5.91 Å². The lowest BCUT2D eigenvalue weighted by atomic mass is 9.73. The largest absolute Gasteiger partial charge is 0.394 e. The van der Waals surface area contributed by atoms with Crippen molar-refractivity contribution in [1.82, 2.24) is 9.80 Å². The van der Waals surface area contributed by atoms with Crippen LogP contribution in [0.4, 0.5) is 0 Å². The molecule has 1 N–H and O–H groups in total. The van der Waals surface area contributed by atoms with Gasteiger partial charge in [0.1, 0.15) is 6.54 Å². The summed E-state index contributed by atoms with van der Waals surface area (Å²) >= 11 is 0. The molecule has 0 radical (unpaired) electrons. The average molecular weight is 400 g/mol. The maximum absolute atomic E-state index is 12.9. The fourth-order valence-electron chi connectivity index (χ4n) is 4.62. The molecule has 3 fully saturated rings. The Morgan fingerprint density at radius 1 is 1.07 bits per heavy atom. The minimum atomic E-state index is -0.236. The van der Waals surface area contributed by atoms with Crippen LogP contribution in [0.5, 0.6) is 0 Å². The Morgan fingerprint density at radius 2 is 1.80 bits per heavy atom. The van der Waals surface area contributed by atoms with Crippen LogP contribution >= 0.6 is 0 Å². The van der Waals surface area contributed by atoms with E-state index >= 15 is 0 Å². The summed E-state index contributed by atoms with van der Waals surface area (Å²) in [6, 6.07) is 16.8. The van der Waals surface area contributed by atoms with Crippen LogP contribution in [0.15, 0.2) is 54.6 Å². The number of hydrogen-bond acceptors (Lipinski definition) is 3. The Hall–Kier alpha value is -3.10. The predicted molar refractivity (Wildman–Crippen MR) is 113 cm³/mol. The molecule has 0 aromatic heterocycles. The van der Waals surface area contributed by atoms with Gasteiger partial charge in [0.05, 0.1) is 18.7 Å². The van der Waals surface area contributed by atoms with Crippen LogP contribution in [-0.2, 0) is 4.79 Å². The molecular weight excluding hydrogens is 376 g/mol. The summed E-state index contributed by atoms with van der Waals surface area (Å²) in [7, 11) is 0. The van der Waals surface area contributed by atoms with Crippen LogP contribution < -0.4 is 0 Å². The van der Waals surface area contributed by atoms with Crippen LogP contribution in [0, 0.1) is 17.8 Å². The summed E-state index contributed by atoms with van der Waals surface area (Å²) in [6.07, 6.45) is 2.41. The molecule has 152 valence electrons. The number of nitrogens with zero attached hydrogens (tertiary/aromatic N) is 2. The lowest BCUT2D eigenvalue weighted by Gasteiger charge is -2.58. The summed E-state index contributed by atoms with van der Waals surface area (Å²) < 4.78 is 0. The first-order valence-electron chi connectivity index (χ1n) is 10.5. The third kappa shape index (κ3) is 3.38. The maximum atomic E-state index is 12.9. The fraction of sp³-hybridized carbons (Fsp3) is 0.360. The lowest BCUT2D eigenvalue weighted by Crippen LogP contribution is -2.73. The van der Waals surface area contributed by atoms with Gasteiger partial charge in [-0.2, -0.15) is 0 Å². The van der Waals surface area contributed by atoms with Crippen molar-refractivity contribution in [3.63, 3.8) is 0 Å². The number of amides is 2. The average Bonchev–Trinajstić information content (AvgIpc) is 3.59. The summed E-state index contributed by atoms with van der Waals surface area (Å²) in [5.41, 5.74) is 2.66. The molecule has 1 aliphatic carbocycles. The van der Waals surface area contributed by atoms with Gasteiger partial charge in [0.25, 0.3) is 5.91 Å². The smallest absolute Gasteiger partial charge is 0.254 e. The normalized spacial score (nSPS) is 25.1. The number of aliphatic hydroxyl groups excluding tert-OH is 1. The van der Waals surface area contributed by atoms with Crippen LogP contribution in [0.3, 0.4) is 0 Å². The van der Waals surface area contributed by atoms with Gasteiger partial charge in [-0.3, -0.25) is 9.59 Å². The van der Waals surface area contributed by atoms with E-state index in [1.807, 2.05) is 42.5 Å². The third-order valence-corrected chi connectivity index (χ3v) is 6.35. The van der Waals surface area contributed by atoms with Crippen molar-refractivity contribution in [3.05, 3.63) is 71.3 Å². The van der Waals surface area contributed by atoms with Crippen molar-refractivity contribution in [2.45, 2.75) is 30.8 Å². The second-order valence-electron chi connectivity index (χ2n) is 8.36. The van der Waals surface area contributed by atoms with Crippen LogP contribution in [0.1, 0.15) is 40.2 Å². The van der Waals surface area contributed by atoms with E-state index in [0.717, 1.165) is 11.1 Å². The highest BCUT2D eigenvalue weighted by atomic mass is 16.3. The molecule has 30 heavy (non-hydrogen) atoms. The van der Waals surface area contributed by atoms with Crippen LogP contribution in [-0.4, -0.2) is 58.5 Å². The third-order valence-electron chi connectivity index (χ3n) is 6.35. The molecule has 2 amide bonds. The summed E-state index contributed by atoms with van der Waals surface area (Å²) in [6.45, 7) is 0.454. The van der Waals surface area contributed by atoms with Gasteiger partial charge in [-0.05, 0) is 42.7 Å². The van der Waals surface area contributed by atoms with Crippen molar-refractivity contribution in [2.24, 2.45) is 5.92 Å². The van der Waals surface area contributed by atoms with Crippen molar-refractivity contribution in [1.29, 1.82) is 0 Å². The van der Waals surface area contributed by atoms with E-state index in [0.29, 0.717) is 18.0 Å². The highest BCUT2D eigenvalue weighted by Crippen LogP contribution is 2.43. The fourth-order valence-corrected chi connectivity index (χ4v) is 4.62. The van der Waals surface area contributed by atoms with Gasteiger partial charge < -0.3 is 14.9 Å². The van der Waals surface area contributed by atoms with Crippen LogP contribution in [0.2, 0.25) is 0 Å². The lowest BCUT2D eigenvalue weighted by molar-refractivity contribution is -0.159. The molecule has 3 atom stereocenters. The first kappa shape index (κ1) is 18.9. The molecular formula is C25H24N2O3. The molecule has 2 aromatic rings. The highest BCUT2D eigenvalue weighted by Gasteiger charge is 2.54. The van der Waals surface area contributed by atoms with Gasteiger partial charge in [-0.15, -0.1) is 0 Å². The van der Waals surface area contributed by atoms with Gasteiger partial charge in [-0.25, -0.2) is 0 Å². The van der Waals surface area contributed by atoms with E-state index in [1.54, 1.807) is 21.9 Å². The molecule has 2 heterocycles. The minimum absolute atomic E-state index is 0.00997. The van der Waals surface area contributed by atoms with E-state index in [-0.39, 0.29) is 43.0 Å². The molecule has 1 saturated carbocycles. The predicted octanol–water partition coefficient (Wildman–Crippen LogP) is 2.26. The Kier molecular flexibility index (Phi) is 4.80. The zero-order valence-corrected chi connectivity index (χ0v) is 16.7. The van der Waals surface area contributed by atoms with Crippen molar-refractivity contribution < 1.29 is 14.7 Å². The van der Waals surface area contributed by atoms with Gasteiger partial charge in [0, 0.05) is 29.5 Å². The molecule has 2 aromatic carbocycles. The topological polar surface area (TPSA) is 60.9 Å². The summed E-state index contributed by atoms with van der Waals surface area (Å²) in [5.74, 6) is 6.83. The number of carbonyl (C=O) groups excluding carboxylic acids is 2. The Labute approximate surface area is 176 Å². The Balaban J connectivity index is 1.36. The Morgan fingerprint density at radius 3 is 2.47 bits per heavy atom. The van der Waals surface area contributed by atoms with Gasteiger partial charge >= 0.3 is 0 Å². The van der Waals surface area contributed by atoms with E-state index < -0.39 is 0 Å². The van der Waals surface area contributed by atoms with Crippen molar-refractivity contribution in [3.8, 4) is 11.8 Å². The Bertz CT molecular complexity index is 1020. The SMILES string of the molecule is O=C(c1ccccc1)N1CC(=O)N2[C@H](CO)[C@@H](c3ccc(C#CC4CC4)cc3)[C@H]2C1. The number of fused-ring (bicyclic) bond motifs is 1. The second kappa shape index (κ2) is 7.62.